The molecule has 0 aliphatic carbocycles. The Morgan fingerprint density at radius 3 is 2.96 bits per heavy atom. The van der Waals surface area contributed by atoms with Crippen molar-refractivity contribution in [2.24, 2.45) is 7.05 Å². The van der Waals surface area contributed by atoms with E-state index >= 15 is 0 Å². The van der Waals surface area contributed by atoms with Crippen molar-refractivity contribution in [1.29, 1.82) is 0 Å². The van der Waals surface area contributed by atoms with E-state index in [0.29, 0.717) is 24.9 Å². The number of carbonyl (C=O) groups is 1. The van der Waals surface area contributed by atoms with Gasteiger partial charge in [0.15, 0.2) is 0 Å². The fourth-order valence-electron chi connectivity index (χ4n) is 3.63. The van der Waals surface area contributed by atoms with Crippen molar-refractivity contribution in [3.63, 3.8) is 0 Å². The van der Waals surface area contributed by atoms with Crippen molar-refractivity contribution >= 4 is 16.9 Å². The SMILES string of the molecule is Cc1nn(C)c2[nH]c(=O)c(CCC(=O)NCCC3CCCO3)c(C)c12. The first kappa shape index (κ1) is 17.7. The van der Waals surface area contributed by atoms with Crippen LogP contribution in [-0.2, 0) is 23.0 Å². The average molecular weight is 346 g/mol. The Balaban J connectivity index is 1.61. The van der Waals surface area contributed by atoms with E-state index < -0.39 is 0 Å². The molecule has 1 amide bonds. The van der Waals surface area contributed by atoms with E-state index in [2.05, 4.69) is 15.4 Å². The van der Waals surface area contributed by atoms with Crippen molar-refractivity contribution in [2.45, 2.75) is 52.1 Å². The van der Waals surface area contributed by atoms with Crippen molar-refractivity contribution < 1.29 is 9.53 Å². The molecule has 136 valence electrons. The Hall–Kier alpha value is -2.15. The number of nitrogens with zero attached hydrogens (tertiary/aromatic N) is 2. The van der Waals surface area contributed by atoms with Gasteiger partial charge in [-0.25, -0.2) is 0 Å². The van der Waals surface area contributed by atoms with E-state index in [9.17, 15) is 9.59 Å². The number of nitrogens with one attached hydrogen (secondary N) is 2. The number of aromatic nitrogens is 3. The number of hydrogen-bond acceptors (Lipinski definition) is 4. The van der Waals surface area contributed by atoms with E-state index in [-0.39, 0.29) is 17.6 Å². The number of rotatable bonds is 6. The van der Waals surface area contributed by atoms with Gasteiger partial charge in [-0.3, -0.25) is 14.3 Å². The van der Waals surface area contributed by atoms with Crippen LogP contribution in [0.15, 0.2) is 4.79 Å². The third-order valence-corrected chi connectivity index (χ3v) is 4.97. The average Bonchev–Trinajstić information content (AvgIpc) is 3.16. The quantitative estimate of drug-likeness (QED) is 0.829. The van der Waals surface area contributed by atoms with Crippen LogP contribution in [0, 0.1) is 13.8 Å². The van der Waals surface area contributed by atoms with Crippen LogP contribution in [0.25, 0.3) is 11.0 Å². The first-order valence-corrected chi connectivity index (χ1v) is 8.90. The minimum absolute atomic E-state index is 0.0280. The van der Waals surface area contributed by atoms with Crippen LogP contribution in [0.2, 0.25) is 0 Å². The highest BCUT2D eigenvalue weighted by Gasteiger charge is 2.17. The second kappa shape index (κ2) is 7.39. The molecule has 25 heavy (non-hydrogen) atoms. The summed E-state index contributed by atoms with van der Waals surface area (Å²) >= 11 is 0. The summed E-state index contributed by atoms with van der Waals surface area (Å²) in [5.41, 5.74) is 3.05. The molecule has 0 radical (unpaired) electrons. The normalized spacial score (nSPS) is 17.3. The second-order valence-electron chi connectivity index (χ2n) is 6.76. The number of H-pyrrole nitrogens is 1. The molecule has 0 spiro atoms. The van der Waals surface area contributed by atoms with Crippen molar-refractivity contribution in [1.82, 2.24) is 20.1 Å². The predicted octanol–water partition coefficient (Wildman–Crippen LogP) is 1.50. The summed E-state index contributed by atoms with van der Waals surface area (Å²) in [7, 11) is 1.81. The first-order chi connectivity index (χ1) is 12.0. The Morgan fingerprint density at radius 1 is 1.44 bits per heavy atom. The van der Waals surface area contributed by atoms with Crippen molar-refractivity contribution in [3.8, 4) is 0 Å². The number of fused-ring (bicyclic) bond motifs is 1. The molecule has 1 aliphatic heterocycles. The maximum Gasteiger partial charge on any atom is 0.253 e. The second-order valence-corrected chi connectivity index (χ2v) is 6.76. The minimum Gasteiger partial charge on any atom is -0.378 e. The minimum atomic E-state index is -0.139. The molecule has 7 heteroatoms. The highest BCUT2D eigenvalue weighted by Crippen LogP contribution is 2.21. The van der Waals surface area contributed by atoms with Crippen molar-refractivity contribution in [3.05, 3.63) is 27.2 Å². The largest absolute Gasteiger partial charge is 0.378 e. The molecule has 0 saturated carbocycles. The molecular weight excluding hydrogens is 320 g/mol. The zero-order chi connectivity index (χ0) is 18.0. The Labute approximate surface area is 146 Å². The van der Waals surface area contributed by atoms with E-state index in [1.54, 1.807) is 4.68 Å². The van der Waals surface area contributed by atoms with Gasteiger partial charge in [-0.2, -0.15) is 5.10 Å². The maximum atomic E-state index is 12.4. The molecule has 2 N–H and O–H groups in total. The van der Waals surface area contributed by atoms with Gasteiger partial charge in [0.25, 0.3) is 5.56 Å². The third kappa shape index (κ3) is 3.76. The molecule has 1 saturated heterocycles. The van der Waals surface area contributed by atoms with Gasteiger partial charge in [-0.15, -0.1) is 0 Å². The van der Waals surface area contributed by atoms with Crippen LogP contribution in [0.4, 0.5) is 0 Å². The van der Waals surface area contributed by atoms with Crippen LogP contribution in [-0.4, -0.2) is 39.9 Å². The van der Waals surface area contributed by atoms with Gasteiger partial charge < -0.3 is 15.0 Å². The number of aromatic amines is 1. The van der Waals surface area contributed by atoms with Crippen LogP contribution >= 0.6 is 0 Å². The molecule has 0 aromatic carbocycles. The fraction of sp³-hybridized carbons (Fsp3) is 0.611. The molecule has 3 rings (SSSR count). The van der Waals surface area contributed by atoms with Crippen molar-refractivity contribution in [2.75, 3.05) is 13.2 Å². The molecule has 0 bridgehead atoms. The van der Waals surface area contributed by atoms with Gasteiger partial charge in [0.1, 0.15) is 5.65 Å². The molecular formula is C18H26N4O3. The molecule has 1 fully saturated rings. The van der Waals surface area contributed by atoms with Gasteiger partial charge in [0.05, 0.1) is 11.8 Å². The lowest BCUT2D eigenvalue weighted by Gasteiger charge is -2.10. The van der Waals surface area contributed by atoms with E-state index in [1.165, 1.54) is 0 Å². The summed E-state index contributed by atoms with van der Waals surface area (Å²) in [4.78, 5) is 27.3. The Morgan fingerprint density at radius 2 is 2.24 bits per heavy atom. The van der Waals surface area contributed by atoms with Gasteiger partial charge >= 0.3 is 0 Å². The van der Waals surface area contributed by atoms with Gasteiger partial charge in [-0.05, 0) is 45.1 Å². The lowest BCUT2D eigenvalue weighted by Crippen LogP contribution is -2.28. The molecule has 1 aliphatic rings. The molecule has 7 nitrogen and oxygen atoms in total. The zero-order valence-corrected chi connectivity index (χ0v) is 15.1. The topological polar surface area (TPSA) is 89.0 Å². The summed E-state index contributed by atoms with van der Waals surface area (Å²) in [6.07, 6.45) is 4.05. The standard InChI is InChI=1S/C18H26N4O3/c1-11-14(18(24)20-17-16(11)12(2)21-22(17)3)6-7-15(23)19-9-8-13-5-4-10-25-13/h13H,4-10H2,1-3H3,(H,19,23)(H,20,24). The van der Waals surface area contributed by atoms with E-state index in [1.807, 2.05) is 20.9 Å². The molecule has 1 atom stereocenters. The number of hydrogen-bond donors (Lipinski definition) is 2. The maximum absolute atomic E-state index is 12.4. The number of ether oxygens (including phenoxy) is 1. The van der Waals surface area contributed by atoms with E-state index in [4.69, 9.17) is 4.74 Å². The smallest absolute Gasteiger partial charge is 0.253 e. The third-order valence-electron chi connectivity index (χ3n) is 4.97. The number of pyridine rings is 1. The zero-order valence-electron chi connectivity index (χ0n) is 15.1. The van der Waals surface area contributed by atoms with Gasteiger partial charge in [0.2, 0.25) is 5.91 Å². The number of aryl methyl sites for hydroxylation is 3. The lowest BCUT2D eigenvalue weighted by atomic mass is 10.0. The van der Waals surface area contributed by atoms with Gasteiger partial charge in [0, 0.05) is 37.6 Å². The monoisotopic (exact) mass is 346 g/mol. The summed E-state index contributed by atoms with van der Waals surface area (Å²) in [5.74, 6) is -0.0280. The Kier molecular flexibility index (Phi) is 5.22. The van der Waals surface area contributed by atoms with E-state index in [0.717, 1.165) is 48.2 Å². The molecule has 2 aromatic rings. The van der Waals surface area contributed by atoms with Crippen LogP contribution in [0.1, 0.15) is 42.5 Å². The summed E-state index contributed by atoms with van der Waals surface area (Å²) in [6.45, 7) is 5.31. The predicted molar refractivity (Wildman–Crippen MR) is 95.7 cm³/mol. The molecule has 3 heterocycles. The highest BCUT2D eigenvalue weighted by atomic mass is 16.5. The lowest BCUT2D eigenvalue weighted by molar-refractivity contribution is -0.121. The fourth-order valence-corrected chi connectivity index (χ4v) is 3.63. The van der Waals surface area contributed by atoms with Crippen LogP contribution in [0.5, 0.6) is 0 Å². The summed E-state index contributed by atoms with van der Waals surface area (Å²) < 4.78 is 7.23. The molecule has 2 aromatic heterocycles. The molecule has 1 unspecified atom stereocenters. The van der Waals surface area contributed by atoms with Crippen LogP contribution in [0.3, 0.4) is 0 Å². The summed E-state index contributed by atoms with van der Waals surface area (Å²) in [5, 5.41) is 8.25. The number of carbonyl (C=O) groups excluding carboxylic acids is 1. The first-order valence-electron chi connectivity index (χ1n) is 8.90. The van der Waals surface area contributed by atoms with Crippen LogP contribution < -0.4 is 10.9 Å². The highest BCUT2D eigenvalue weighted by molar-refractivity contribution is 5.83. The summed E-state index contributed by atoms with van der Waals surface area (Å²) in [6, 6.07) is 0. The number of amides is 1. The Bertz CT molecular complexity index is 831. The van der Waals surface area contributed by atoms with Gasteiger partial charge in [-0.1, -0.05) is 0 Å².